The molecular formula is C30H45NO3S. The minimum absolute atomic E-state index is 0.118. The predicted molar refractivity (Wildman–Crippen MR) is 149 cm³/mol. The van der Waals surface area contributed by atoms with Crippen LogP contribution in [0.4, 0.5) is 5.69 Å². The van der Waals surface area contributed by atoms with Gasteiger partial charge in [-0.25, -0.2) is 0 Å². The van der Waals surface area contributed by atoms with E-state index in [2.05, 4.69) is 6.92 Å². The van der Waals surface area contributed by atoms with E-state index in [0.29, 0.717) is 0 Å². The van der Waals surface area contributed by atoms with Crippen molar-refractivity contribution >= 4 is 17.4 Å². The summed E-state index contributed by atoms with van der Waals surface area (Å²) in [6.45, 7) is 3.05. The van der Waals surface area contributed by atoms with Crippen molar-refractivity contribution in [3.8, 4) is 5.75 Å². The van der Waals surface area contributed by atoms with E-state index in [1.54, 1.807) is 23.9 Å². The maximum atomic E-state index is 10.8. The van der Waals surface area contributed by atoms with Crippen molar-refractivity contribution in [2.24, 2.45) is 0 Å². The molecule has 0 saturated carbocycles. The predicted octanol–water partition coefficient (Wildman–Crippen LogP) is 10.4. The molecule has 2 aromatic rings. The second-order valence-electron chi connectivity index (χ2n) is 9.48. The van der Waals surface area contributed by atoms with Crippen LogP contribution in [0.5, 0.6) is 5.75 Å². The minimum atomic E-state index is -0.375. The van der Waals surface area contributed by atoms with E-state index in [9.17, 15) is 10.1 Å². The van der Waals surface area contributed by atoms with Crippen molar-refractivity contribution in [2.45, 2.75) is 119 Å². The Morgan fingerprint density at radius 1 is 0.629 bits per heavy atom. The van der Waals surface area contributed by atoms with Crippen LogP contribution < -0.4 is 4.74 Å². The average Bonchev–Trinajstić information content (AvgIpc) is 2.87. The molecule has 4 nitrogen and oxygen atoms in total. The summed E-state index contributed by atoms with van der Waals surface area (Å²) in [4.78, 5) is 12.5. The number of hydrogen-bond donors (Lipinski definition) is 0. The molecule has 0 fully saturated rings. The van der Waals surface area contributed by atoms with Crippen molar-refractivity contribution in [1.82, 2.24) is 0 Å². The van der Waals surface area contributed by atoms with E-state index in [1.165, 1.54) is 108 Å². The molecule has 0 amide bonds. The van der Waals surface area contributed by atoms with Gasteiger partial charge in [-0.1, -0.05) is 115 Å². The Hall–Kier alpha value is -2.01. The van der Waals surface area contributed by atoms with Crippen LogP contribution in [-0.2, 0) is 0 Å². The minimum Gasteiger partial charge on any atom is -0.494 e. The Morgan fingerprint density at radius 3 is 1.46 bits per heavy atom. The third-order valence-corrected chi connectivity index (χ3v) is 7.39. The summed E-state index contributed by atoms with van der Waals surface area (Å²) < 4.78 is 5.89. The normalized spacial score (nSPS) is 11.0. The molecule has 0 saturated heterocycles. The zero-order valence-electron chi connectivity index (χ0n) is 21.7. The van der Waals surface area contributed by atoms with Gasteiger partial charge in [0.25, 0.3) is 5.69 Å². The Morgan fingerprint density at radius 2 is 1.03 bits per heavy atom. The van der Waals surface area contributed by atoms with E-state index in [-0.39, 0.29) is 10.6 Å². The smallest absolute Gasteiger partial charge is 0.269 e. The monoisotopic (exact) mass is 499 g/mol. The van der Waals surface area contributed by atoms with Crippen LogP contribution >= 0.6 is 11.8 Å². The fourth-order valence-corrected chi connectivity index (χ4v) is 5.03. The molecule has 0 bridgehead atoms. The first-order chi connectivity index (χ1) is 17.2. The lowest BCUT2D eigenvalue weighted by molar-refractivity contribution is -0.384. The zero-order valence-corrected chi connectivity index (χ0v) is 22.5. The molecule has 0 aliphatic rings. The summed E-state index contributed by atoms with van der Waals surface area (Å²) in [5.41, 5.74) is 0.118. The van der Waals surface area contributed by atoms with Gasteiger partial charge in [0.15, 0.2) is 0 Å². The number of ether oxygens (including phenoxy) is 1. The summed E-state index contributed by atoms with van der Waals surface area (Å²) in [6, 6.07) is 14.7. The van der Waals surface area contributed by atoms with E-state index in [4.69, 9.17) is 4.74 Å². The van der Waals surface area contributed by atoms with E-state index in [0.717, 1.165) is 28.6 Å². The number of unbranched alkanes of at least 4 members (excludes halogenated alkanes) is 15. The topological polar surface area (TPSA) is 52.4 Å². The van der Waals surface area contributed by atoms with Crippen molar-refractivity contribution in [3.63, 3.8) is 0 Å². The van der Waals surface area contributed by atoms with Gasteiger partial charge in [0.05, 0.1) is 11.5 Å². The van der Waals surface area contributed by atoms with Crippen LogP contribution in [-0.4, -0.2) is 11.5 Å². The lowest BCUT2D eigenvalue weighted by atomic mass is 10.0. The Balaban J connectivity index is 1.40. The molecule has 194 valence electrons. The van der Waals surface area contributed by atoms with Crippen molar-refractivity contribution in [3.05, 3.63) is 58.6 Å². The van der Waals surface area contributed by atoms with Crippen LogP contribution in [0.15, 0.2) is 58.3 Å². The molecule has 2 aromatic carbocycles. The molecule has 0 aliphatic heterocycles. The molecule has 0 atom stereocenters. The summed E-state index contributed by atoms with van der Waals surface area (Å²) in [5.74, 6) is 0.902. The third-order valence-electron chi connectivity index (χ3n) is 6.37. The van der Waals surface area contributed by atoms with Crippen LogP contribution in [0.3, 0.4) is 0 Å². The average molecular weight is 500 g/mol. The first-order valence-electron chi connectivity index (χ1n) is 13.8. The molecule has 0 radical (unpaired) electrons. The first kappa shape index (κ1) is 29.2. The summed E-state index contributed by atoms with van der Waals surface area (Å²) in [7, 11) is 0. The van der Waals surface area contributed by atoms with Gasteiger partial charge in [0.2, 0.25) is 0 Å². The van der Waals surface area contributed by atoms with Gasteiger partial charge in [0, 0.05) is 21.9 Å². The number of non-ortho nitro benzene ring substituents is 1. The summed E-state index contributed by atoms with van der Waals surface area (Å²) >= 11 is 1.59. The summed E-state index contributed by atoms with van der Waals surface area (Å²) in [5, 5.41) is 10.8. The zero-order chi connectivity index (χ0) is 25.0. The second kappa shape index (κ2) is 19.2. The number of hydrogen-bond acceptors (Lipinski definition) is 4. The highest BCUT2D eigenvalue weighted by molar-refractivity contribution is 7.99. The van der Waals surface area contributed by atoms with Crippen LogP contribution in [0, 0.1) is 10.1 Å². The second-order valence-corrected chi connectivity index (χ2v) is 10.6. The van der Waals surface area contributed by atoms with Crippen LogP contribution in [0.2, 0.25) is 0 Å². The molecule has 35 heavy (non-hydrogen) atoms. The van der Waals surface area contributed by atoms with Crippen LogP contribution in [0.1, 0.15) is 110 Å². The number of nitro groups is 1. The molecule has 0 aliphatic carbocycles. The molecule has 0 unspecified atom stereocenters. The molecule has 0 N–H and O–H groups in total. The Kier molecular flexibility index (Phi) is 16.0. The summed E-state index contributed by atoms with van der Waals surface area (Å²) in [6.07, 6.45) is 22.0. The fraction of sp³-hybridized carbons (Fsp3) is 0.600. The van der Waals surface area contributed by atoms with Gasteiger partial charge in [-0.2, -0.15) is 0 Å². The van der Waals surface area contributed by atoms with Gasteiger partial charge >= 0.3 is 0 Å². The lowest BCUT2D eigenvalue weighted by Gasteiger charge is -2.07. The van der Waals surface area contributed by atoms with Gasteiger partial charge in [-0.15, -0.1) is 0 Å². The quantitative estimate of drug-likeness (QED) is 0.0973. The number of nitro benzene ring substituents is 1. The van der Waals surface area contributed by atoms with E-state index >= 15 is 0 Å². The van der Waals surface area contributed by atoms with Gasteiger partial charge in [-0.3, -0.25) is 10.1 Å². The molecule has 0 aromatic heterocycles. The molecule has 0 heterocycles. The highest BCUT2D eigenvalue weighted by Crippen LogP contribution is 2.30. The number of nitrogens with zero attached hydrogens (tertiary/aromatic N) is 1. The third kappa shape index (κ3) is 14.2. The molecule has 2 rings (SSSR count). The number of rotatable bonds is 21. The maximum Gasteiger partial charge on any atom is 0.269 e. The first-order valence-corrected chi connectivity index (χ1v) is 14.7. The highest BCUT2D eigenvalue weighted by Gasteiger charge is 2.05. The van der Waals surface area contributed by atoms with Crippen molar-refractivity contribution in [1.29, 1.82) is 0 Å². The largest absolute Gasteiger partial charge is 0.494 e. The SMILES string of the molecule is CCCCCCCCCCCCCCCCCCOc1ccc(Sc2ccc([N+](=O)[O-])cc2)cc1. The van der Waals surface area contributed by atoms with E-state index < -0.39 is 0 Å². The number of benzene rings is 2. The Labute approximate surface area is 217 Å². The standard InChI is InChI=1S/C30H45NO3S/c1-2-3-4-5-6-7-8-9-10-11-12-13-14-15-16-17-26-34-28-20-24-30(25-21-28)35-29-22-18-27(19-23-29)31(32)33/h18-25H,2-17,26H2,1H3. The maximum absolute atomic E-state index is 10.8. The highest BCUT2D eigenvalue weighted by atomic mass is 32.2. The van der Waals surface area contributed by atoms with Crippen LogP contribution in [0.25, 0.3) is 0 Å². The van der Waals surface area contributed by atoms with Crippen molar-refractivity contribution < 1.29 is 9.66 Å². The Bertz CT molecular complexity index is 792. The van der Waals surface area contributed by atoms with Gasteiger partial charge < -0.3 is 4.74 Å². The van der Waals surface area contributed by atoms with Crippen molar-refractivity contribution in [2.75, 3.05) is 6.61 Å². The molecule has 5 heteroatoms. The lowest BCUT2D eigenvalue weighted by Crippen LogP contribution is -1.97. The van der Waals surface area contributed by atoms with Gasteiger partial charge in [0.1, 0.15) is 5.75 Å². The van der Waals surface area contributed by atoms with Gasteiger partial charge in [-0.05, 0) is 42.8 Å². The van der Waals surface area contributed by atoms with E-state index in [1.807, 2.05) is 24.3 Å². The fourth-order valence-electron chi connectivity index (χ4n) is 4.22. The molecule has 0 spiro atoms. The molecular weight excluding hydrogens is 454 g/mol.